The first-order valence-corrected chi connectivity index (χ1v) is 5.97. The lowest BCUT2D eigenvalue weighted by Gasteiger charge is -2.18. The van der Waals surface area contributed by atoms with Crippen molar-refractivity contribution in [2.24, 2.45) is 0 Å². The van der Waals surface area contributed by atoms with E-state index in [0.29, 0.717) is 5.56 Å². The second-order valence-corrected chi connectivity index (χ2v) is 4.55. The molecule has 0 saturated heterocycles. The van der Waals surface area contributed by atoms with Gasteiger partial charge >= 0.3 is 12.6 Å². The van der Waals surface area contributed by atoms with Crippen LogP contribution in [0.1, 0.15) is 12.5 Å². The Kier molecular flexibility index (Phi) is 5.60. The molecular weight excluding hydrogens is 288 g/mol. The second-order valence-electron chi connectivity index (χ2n) is 4.55. The third-order valence-electron chi connectivity index (χ3n) is 2.60. The predicted molar refractivity (Wildman–Crippen MR) is 68.0 cm³/mol. The van der Waals surface area contributed by atoms with Crippen molar-refractivity contribution in [1.29, 1.82) is 0 Å². The number of aliphatic carboxylic acids is 1. The number of carbonyl (C=O) groups is 2. The van der Waals surface area contributed by atoms with Gasteiger partial charge in [-0.25, -0.2) is 4.79 Å². The number of nitrogens with one attached hydrogen (secondary N) is 1. The van der Waals surface area contributed by atoms with Crippen LogP contribution in [-0.4, -0.2) is 40.8 Å². The third kappa shape index (κ3) is 5.74. The van der Waals surface area contributed by atoms with Crippen LogP contribution in [0.3, 0.4) is 0 Å². The molecule has 0 radical (unpaired) electrons. The first-order valence-electron chi connectivity index (χ1n) is 5.97. The summed E-state index contributed by atoms with van der Waals surface area (Å²) in [5, 5.41) is 20.4. The highest BCUT2D eigenvalue weighted by molar-refractivity contribution is 5.81. The number of rotatable bonds is 7. The van der Waals surface area contributed by atoms with Gasteiger partial charge in [0, 0.05) is 0 Å². The molecule has 0 aliphatic heterocycles. The van der Waals surface area contributed by atoms with E-state index in [1.165, 1.54) is 24.3 Å². The Balaban J connectivity index is 2.50. The van der Waals surface area contributed by atoms with Gasteiger partial charge in [0.25, 0.3) is 0 Å². The van der Waals surface area contributed by atoms with E-state index in [1.54, 1.807) is 0 Å². The lowest BCUT2D eigenvalue weighted by Crippen LogP contribution is -2.46. The van der Waals surface area contributed by atoms with E-state index in [9.17, 15) is 23.5 Å². The van der Waals surface area contributed by atoms with Crippen molar-refractivity contribution in [1.82, 2.24) is 5.32 Å². The standard InChI is InChI=1S/C13H15F2NO5/c1-13(20,11(18)19)7-16-10(17)6-8-2-4-9(5-3-8)21-12(14)15/h2-5,12,20H,6-7H2,1H3,(H,16,17)(H,18,19). The molecule has 0 bridgehead atoms. The number of hydrogen-bond acceptors (Lipinski definition) is 4. The van der Waals surface area contributed by atoms with Crippen LogP contribution >= 0.6 is 0 Å². The van der Waals surface area contributed by atoms with Gasteiger partial charge in [0.2, 0.25) is 5.91 Å². The Hall–Kier alpha value is -2.22. The molecule has 0 fully saturated rings. The van der Waals surface area contributed by atoms with Gasteiger partial charge in [-0.2, -0.15) is 8.78 Å². The van der Waals surface area contributed by atoms with Crippen LogP contribution in [0.5, 0.6) is 5.75 Å². The summed E-state index contributed by atoms with van der Waals surface area (Å²) >= 11 is 0. The van der Waals surface area contributed by atoms with E-state index < -0.39 is 30.6 Å². The van der Waals surface area contributed by atoms with Gasteiger partial charge in [-0.3, -0.25) is 4.79 Å². The number of carboxylic acid groups (broad SMARTS) is 1. The summed E-state index contributed by atoms with van der Waals surface area (Å²) in [7, 11) is 0. The molecule has 1 atom stereocenters. The van der Waals surface area contributed by atoms with Crippen LogP contribution in [0.15, 0.2) is 24.3 Å². The first-order chi connectivity index (χ1) is 9.70. The van der Waals surface area contributed by atoms with Crippen molar-refractivity contribution < 1.29 is 33.3 Å². The fraction of sp³-hybridized carbons (Fsp3) is 0.385. The van der Waals surface area contributed by atoms with Crippen molar-refractivity contribution in [3.63, 3.8) is 0 Å². The largest absolute Gasteiger partial charge is 0.479 e. The zero-order valence-corrected chi connectivity index (χ0v) is 11.2. The summed E-state index contributed by atoms with van der Waals surface area (Å²) in [6, 6.07) is 5.46. The summed E-state index contributed by atoms with van der Waals surface area (Å²) < 4.78 is 28.1. The van der Waals surface area contributed by atoms with Crippen molar-refractivity contribution >= 4 is 11.9 Å². The lowest BCUT2D eigenvalue weighted by molar-refractivity contribution is -0.156. The van der Waals surface area contributed by atoms with Crippen LogP contribution in [0, 0.1) is 0 Å². The Morgan fingerprint density at radius 2 is 1.90 bits per heavy atom. The molecule has 1 amide bonds. The Morgan fingerprint density at radius 1 is 1.33 bits per heavy atom. The van der Waals surface area contributed by atoms with Crippen LogP contribution in [-0.2, 0) is 16.0 Å². The molecule has 1 aromatic carbocycles. The van der Waals surface area contributed by atoms with Crippen molar-refractivity contribution in [3.8, 4) is 5.75 Å². The third-order valence-corrected chi connectivity index (χ3v) is 2.60. The molecule has 0 saturated carbocycles. The maximum absolute atomic E-state index is 12.0. The number of hydrogen-bond donors (Lipinski definition) is 3. The normalized spacial score (nSPS) is 13.6. The zero-order valence-electron chi connectivity index (χ0n) is 11.2. The average Bonchev–Trinajstić information content (AvgIpc) is 2.38. The van der Waals surface area contributed by atoms with E-state index >= 15 is 0 Å². The fourth-order valence-corrected chi connectivity index (χ4v) is 1.38. The second kappa shape index (κ2) is 6.98. The molecule has 0 spiro atoms. The summed E-state index contributed by atoms with van der Waals surface area (Å²) in [4.78, 5) is 22.2. The number of benzene rings is 1. The van der Waals surface area contributed by atoms with E-state index in [0.717, 1.165) is 6.92 Å². The number of halogens is 2. The van der Waals surface area contributed by atoms with Gasteiger partial charge in [0.05, 0.1) is 13.0 Å². The Bertz CT molecular complexity index is 502. The maximum Gasteiger partial charge on any atom is 0.387 e. The molecule has 3 N–H and O–H groups in total. The molecule has 21 heavy (non-hydrogen) atoms. The first kappa shape index (κ1) is 16.8. The van der Waals surface area contributed by atoms with Gasteiger partial charge in [-0.15, -0.1) is 0 Å². The number of carbonyl (C=O) groups excluding carboxylic acids is 1. The minimum atomic E-state index is -2.92. The molecule has 1 aromatic rings. The van der Waals surface area contributed by atoms with Crippen molar-refractivity contribution in [2.45, 2.75) is 25.6 Å². The van der Waals surface area contributed by atoms with Gasteiger partial charge < -0.3 is 20.3 Å². The Morgan fingerprint density at radius 3 is 2.38 bits per heavy atom. The Labute approximate surface area is 119 Å². The van der Waals surface area contributed by atoms with Crippen LogP contribution in [0.4, 0.5) is 8.78 Å². The van der Waals surface area contributed by atoms with E-state index in [-0.39, 0.29) is 12.2 Å². The SMILES string of the molecule is CC(O)(CNC(=O)Cc1ccc(OC(F)F)cc1)C(=O)O. The molecule has 6 nitrogen and oxygen atoms in total. The highest BCUT2D eigenvalue weighted by Gasteiger charge is 2.30. The number of aliphatic hydroxyl groups is 1. The molecule has 8 heteroatoms. The lowest BCUT2D eigenvalue weighted by atomic mass is 10.1. The molecule has 0 heterocycles. The molecule has 0 aromatic heterocycles. The fourth-order valence-electron chi connectivity index (χ4n) is 1.38. The van der Waals surface area contributed by atoms with Gasteiger partial charge in [0.15, 0.2) is 5.60 Å². The highest BCUT2D eigenvalue weighted by atomic mass is 19.3. The van der Waals surface area contributed by atoms with Gasteiger partial charge in [0.1, 0.15) is 5.75 Å². The molecule has 1 unspecified atom stereocenters. The minimum absolute atomic E-state index is 0.0250. The van der Waals surface area contributed by atoms with E-state index in [4.69, 9.17) is 5.11 Å². The number of ether oxygens (including phenoxy) is 1. The van der Waals surface area contributed by atoms with Crippen LogP contribution in [0.25, 0.3) is 0 Å². The van der Waals surface area contributed by atoms with Crippen LogP contribution < -0.4 is 10.1 Å². The summed E-state index contributed by atoms with van der Waals surface area (Å²) in [6.45, 7) is -2.29. The van der Waals surface area contributed by atoms with E-state index in [2.05, 4.69) is 10.1 Å². The minimum Gasteiger partial charge on any atom is -0.479 e. The quantitative estimate of drug-likeness (QED) is 0.692. The number of alkyl halides is 2. The molecule has 116 valence electrons. The van der Waals surface area contributed by atoms with Gasteiger partial charge in [-0.05, 0) is 24.6 Å². The topological polar surface area (TPSA) is 95.9 Å². The summed E-state index contributed by atoms with van der Waals surface area (Å²) in [5.41, 5.74) is -1.52. The summed E-state index contributed by atoms with van der Waals surface area (Å²) in [5.74, 6) is -1.97. The number of amides is 1. The average molecular weight is 303 g/mol. The van der Waals surface area contributed by atoms with Crippen molar-refractivity contribution in [3.05, 3.63) is 29.8 Å². The summed E-state index contributed by atoms with van der Waals surface area (Å²) in [6.07, 6.45) is -0.0787. The molecule has 1 rings (SSSR count). The van der Waals surface area contributed by atoms with Gasteiger partial charge in [-0.1, -0.05) is 12.1 Å². The van der Waals surface area contributed by atoms with Crippen molar-refractivity contribution in [2.75, 3.05) is 6.54 Å². The molecule has 0 aliphatic carbocycles. The van der Waals surface area contributed by atoms with Crippen LogP contribution in [0.2, 0.25) is 0 Å². The number of carboxylic acids is 1. The molecule has 0 aliphatic rings. The highest BCUT2D eigenvalue weighted by Crippen LogP contribution is 2.15. The molecular formula is C13H15F2NO5. The smallest absolute Gasteiger partial charge is 0.387 e. The van der Waals surface area contributed by atoms with E-state index in [1.807, 2.05) is 0 Å². The monoisotopic (exact) mass is 303 g/mol. The predicted octanol–water partition coefficient (Wildman–Crippen LogP) is 0.782. The zero-order chi connectivity index (χ0) is 16.0. The maximum atomic E-state index is 12.0.